The van der Waals surface area contributed by atoms with E-state index in [1.54, 1.807) is 12.4 Å². The number of H-pyrrole nitrogens is 1. The van der Waals surface area contributed by atoms with E-state index >= 15 is 0 Å². The van der Waals surface area contributed by atoms with Gasteiger partial charge < -0.3 is 5.32 Å². The summed E-state index contributed by atoms with van der Waals surface area (Å²) in [5.74, 6) is 0. The minimum absolute atomic E-state index is 0.790. The van der Waals surface area contributed by atoms with Gasteiger partial charge in [0.25, 0.3) is 0 Å². The summed E-state index contributed by atoms with van der Waals surface area (Å²) in [5, 5.41) is 10.3. The van der Waals surface area contributed by atoms with Crippen molar-refractivity contribution in [2.45, 2.75) is 20.4 Å². The molecule has 0 unspecified atom stereocenters. The molecular weight excluding hydrogens is 202 g/mol. The van der Waals surface area contributed by atoms with Gasteiger partial charge in [-0.1, -0.05) is 6.92 Å². The lowest BCUT2D eigenvalue weighted by molar-refractivity contribution is 0.728. The predicted octanol–water partition coefficient (Wildman–Crippen LogP) is 1.28. The van der Waals surface area contributed by atoms with Crippen molar-refractivity contribution in [1.82, 2.24) is 25.5 Å². The molecule has 0 aliphatic rings. The summed E-state index contributed by atoms with van der Waals surface area (Å²) >= 11 is 0. The number of rotatable bonds is 4. The average molecular weight is 217 g/mol. The van der Waals surface area contributed by atoms with Gasteiger partial charge in [0.1, 0.15) is 5.69 Å². The van der Waals surface area contributed by atoms with E-state index in [0.717, 1.165) is 35.7 Å². The Bertz CT molecular complexity index is 463. The fourth-order valence-corrected chi connectivity index (χ4v) is 1.56. The highest BCUT2D eigenvalue weighted by molar-refractivity contribution is 5.60. The maximum absolute atomic E-state index is 4.33. The summed E-state index contributed by atoms with van der Waals surface area (Å²) in [7, 11) is 0. The molecule has 0 amide bonds. The molecule has 2 aromatic heterocycles. The molecule has 16 heavy (non-hydrogen) atoms. The smallest absolute Gasteiger partial charge is 0.110 e. The molecular formula is C11H15N5. The second kappa shape index (κ2) is 4.85. The molecule has 2 N–H and O–H groups in total. The standard InChI is InChI=1S/C11H15N5/c1-3-12-6-9-7-15-16-11(9)10-8(2)13-4-5-14-10/h4-5,7,12H,3,6H2,1-2H3,(H,15,16). The Labute approximate surface area is 94.3 Å². The van der Waals surface area contributed by atoms with Gasteiger partial charge in [-0.15, -0.1) is 0 Å². The summed E-state index contributed by atoms with van der Waals surface area (Å²) in [6, 6.07) is 0. The van der Waals surface area contributed by atoms with Gasteiger partial charge in [-0.25, -0.2) is 0 Å². The van der Waals surface area contributed by atoms with E-state index in [2.05, 4.69) is 32.4 Å². The molecule has 0 aliphatic heterocycles. The summed E-state index contributed by atoms with van der Waals surface area (Å²) in [6.07, 6.45) is 5.21. The first kappa shape index (κ1) is 10.8. The topological polar surface area (TPSA) is 66.5 Å². The first-order chi connectivity index (χ1) is 7.83. The van der Waals surface area contributed by atoms with Crippen LogP contribution in [0.2, 0.25) is 0 Å². The van der Waals surface area contributed by atoms with E-state index in [1.165, 1.54) is 0 Å². The highest BCUT2D eigenvalue weighted by Gasteiger charge is 2.10. The number of nitrogens with zero attached hydrogens (tertiary/aromatic N) is 3. The zero-order valence-corrected chi connectivity index (χ0v) is 9.49. The number of hydrogen-bond donors (Lipinski definition) is 2. The highest BCUT2D eigenvalue weighted by atomic mass is 15.1. The van der Waals surface area contributed by atoms with Crippen molar-refractivity contribution in [2.24, 2.45) is 0 Å². The van der Waals surface area contributed by atoms with Gasteiger partial charge in [0.15, 0.2) is 0 Å². The summed E-state index contributed by atoms with van der Waals surface area (Å²) in [6.45, 7) is 5.75. The van der Waals surface area contributed by atoms with E-state index in [9.17, 15) is 0 Å². The van der Waals surface area contributed by atoms with Crippen LogP contribution in [0, 0.1) is 6.92 Å². The molecule has 0 fully saturated rings. The van der Waals surface area contributed by atoms with Crippen molar-refractivity contribution < 1.29 is 0 Å². The first-order valence-corrected chi connectivity index (χ1v) is 5.34. The third-order valence-corrected chi connectivity index (χ3v) is 2.40. The van der Waals surface area contributed by atoms with Crippen molar-refractivity contribution in [2.75, 3.05) is 6.54 Å². The summed E-state index contributed by atoms with van der Waals surface area (Å²) in [5.41, 5.74) is 3.84. The van der Waals surface area contributed by atoms with Crippen LogP contribution < -0.4 is 5.32 Å². The van der Waals surface area contributed by atoms with Crippen LogP contribution in [0.5, 0.6) is 0 Å². The number of aromatic amines is 1. The van der Waals surface area contributed by atoms with E-state index in [4.69, 9.17) is 0 Å². The largest absolute Gasteiger partial charge is 0.313 e. The van der Waals surface area contributed by atoms with Gasteiger partial charge >= 0.3 is 0 Å². The molecule has 5 nitrogen and oxygen atoms in total. The number of hydrogen-bond acceptors (Lipinski definition) is 4. The minimum Gasteiger partial charge on any atom is -0.313 e. The van der Waals surface area contributed by atoms with Crippen molar-refractivity contribution in [3.05, 3.63) is 29.8 Å². The Hall–Kier alpha value is -1.75. The molecule has 0 saturated heterocycles. The van der Waals surface area contributed by atoms with Gasteiger partial charge in [0.05, 0.1) is 17.6 Å². The molecule has 2 aromatic rings. The fraction of sp³-hybridized carbons (Fsp3) is 0.364. The Balaban J connectivity index is 2.33. The maximum atomic E-state index is 4.33. The lowest BCUT2D eigenvalue weighted by atomic mass is 10.1. The van der Waals surface area contributed by atoms with Gasteiger partial charge in [-0.3, -0.25) is 15.1 Å². The van der Waals surface area contributed by atoms with Crippen molar-refractivity contribution >= 4 is 0 Å². The van der Waals surface area contributed by atoms with Crippen LogP contribution >= 0.6 is 0 Å². The Morgan fingerprint density at radius 1 is 1.31 bits per heavy atom. The molecule has 0 radical (unpaired) electrons. The van der Waals surface area contributed by atoms with Crippen molar-refractivity contribution in [1.29, 1.82) is 0 Å². The molecule has 5 heteroatoms. The minimum atomic E-state index is 0.790. The monoisotopic (exact) mass is 217 g/mol. The molecule has 0 bridgehead atoms. The highest BCUT2D eigenvalue weighted by Crippen LogP contribution is 2.20. The van der Waals surface area contributed by atoms with Gasteiger partial charge in [-0.05, 0) is 13.5 Å². The summed E-state index contributed by atoms with van der Waals surface area (Å²) < 4.78 is 0. The van der Waals surface area contributed by atoms with Crippen molar-refractivity contribution in [3.63, 3.8) is 0 Å². The van der Waals surface area contributed by atoms with Crippen LogP contribution in [0.25, 0.3) is 11.4 Å². The Morgan fingerprint density at radius 2 is 2.12 bits per heavy atom. The van der Waals surface area contributed by atoms with Gasteiger partial charge in [0, 0.05) is 24.5 Å². The molecule has 0 aromatic carbocycles. The molecule has 0 atom stereocenters. The quantitative estimate of drug-likeness (QED) is 0.809. The molecule has 2 rings (SSSR count). The van der Waals surface area contributed by atoms with Crippen LogP contribution in [0.15, 0.2) is 18.6 Å². The third kappa shape index (κ3) is 2.09. The summed E-state index contributed by atoms with van der Waals surface area (Å²) in [4.78, 5) is 8.55. The van der Waals surface area contributed by atoms with Crippen molar-refractivity contribution in [3.8, 4) is 11.4 Å². The van der Waals surface area contributed by atoms with Crippen LogP contribution in [-0.2, 0) is 6.54 Å². The second-order valence-corrected chi connectivity index (χ2v) is 3.54. The maximum Gasteiger partial charge on any atom is 0.110 e. The lowest BCUT2D eigenvalue weighted by Gasteiger charge is -2.04. The van der Waals surface area contributed by atoms with Crippen LogP contribution in [0.4, 0.5) is 0 Å². The van der Waals surface area contributed by atoms with E-state index < -0.39 is 0 Å². The lowest BCUT2D eigenvalue weighted by Crippen LogP contribution is -2.12. The molecule has 0 spiro atoms. The average Bonchev–Trinajstić information content (AvgIpc) is 2.75. The van der Waals surface area contributed by atoms with Gasteiger partial charge in [0.2, 0.25) is 0 Å². The SMILES string of the molecule is CCNCc1cn[nH]c1-c1nccnc1C. The van der Waals surface area contributed by atoms with Crippen LogP contribution in [0.1, 0.15) is 18.2 Å². The number of aromatic nitrogens is 4. The molecule has 84 valence electrons. The van der Waals surface area contributed by atoms with E-state index in [-0.39, 0.29) is 0 Å². The normalized spacial score (nSPS) is 10.6. The molecule has 2 heterocycles. The van der Waals surface area contributed by atoms with Gasteiger partial charge in [-0.2, -0.15) is 5.10 Å². The first-order valence-electron chi connectivity index (χ1n) is 5.34. The second-order valence-electron chi connectivity index (χ2n) is 3.54. The van der Waals surface area contributed by atoms with Crippen LogP contribution in [-0.4, -0.2) is 26.7 Å². The number of nitrogens with one attached hydrogen (secondary N) is 2. The molecule has 0 saturated carbocycles. The number of aryl methyl sites for hydroxylation is 1. The zero-order valence-electron chi connectivity index (χ0n) is 9.49. The van der Waals surface area contributed by atoms with E-state index in [1.807, 2.05) is 13.1 Å². The zero-order chi connectivity index (χ0) is 11.4. The molecule has 0 aliphatic carbocycles. The Kier molecular flexibility index (Phi) is 3.26. The fourth-order valence-electron chi connectivity index (χ4n) is 1.56. The van der Waals surface area contributed by atoms with E-state index in [0.29, 0.717) is 0 Å². The predicted molar refractivity (Wildman–Crippen MR) is 61.7 cm³/mol. The Morgan fingerprint density at radius 3 is 2.88 bits per heavy atom. The van der Waals surface area contributed by atoms with Crippen LogP contribution in [0.3, 0.4) is 0 Å². The third-order valence-electron chi connectivity index (χ3n) is 2.40.